The minimum Gasteiger partial charge on any atom is -0.459 e. The highest BCUT2D eigenvalue weighted by Crippen LogP contribution is 2.41. The second kappa shape index (κ2) is 8.67. The van der Waals surface area contributed by atoms with Crippen molar-refractivity contribution in [3.63, 3.8) is 0 Å². The molecule has 4 nitrogen and oxygen atoms in total. The van der Waals surface area contributed by atoms with E-state index in [0.29, 0.717) is 0 Å². The van der Waals surface area contributed by atoms with E-state index in [1.54, 1.807) is 0 Å². The molecule has 0 bridgehead atoms. The van der Waals surface area contributed by atoms with Gasteiger partial charge in [0, 0.05) is 22.8 Å². The summed E-state index contributed by atoms with van der Waals surface area (Å²) in [6.07, 6.45) is 4.01. The number of hydrogen-bond acceptors (Lipinski definition) is 3. The first-order chi connectivity index (χ1) is 14.1. The van der Waals surface area contributed by atoms with Gasteiger partial charge < -0.3 is 14.6 Å². The fourth-order valence-corrected chi connectivity index (χ4v) is 4.78. The molecule has 1 fully saturated rings. The molecule has 1 N–H and O–H groups in total. The summed E-state index contributed by atoms with van der Waals surface area (Å²) < 4.78 is 7.42. The van der Waals surface area contributed by atoms with Crippen LogP contribution in [0.4, 0.5) is 0 Å². The molecule has 1 aliphatic rings. The van der Waals surface area contributed by atoms with Crippen LogP contribution in [0.2, 0.25) is 0 Å². The highest BCUT2D eigenvalue weighted by molar-refractivity contribution is 9.10. The van der Waals surface area contributed by atoms with Crippen LogP contribution in [0, 0.1) is 6.92 Å². The summed E-state index contributed by atoms with van der Waals surface area (Å²) in [5.74, 6) is 1.74. The molecule has 0 saturated carbocycles. The van der Waals surface area contributed by atoms with Gasteiger partial charge in [-0.1, -0.05) is 41.4 Å². The molecule has 0 aliphatic carbocycles. The van der Waals surface area contributed by atoms with Crippen LogP contribution < -0.4 is 5.32 Å². The Bertz CT molecular complexity index is 1000. The van der Waals surface area contributed by atoms with Gasteiger partial charge in [0.2, 0.25) is 0 Å². The molecule has 3 aromatic rings. The quantitative estimate of drug-likeness (QED) is 0.436. The van der Waals surface area contributed by atoms with Gasteiger partial charge in [0.05, 0.1) is 11.7 Å². The summed E-state index contributed by atoms with van der Waals surface area (Å²) in [6.45, 7) is 5.16. The molecule has 0 spiro atoms. The van der Waals surface area contributed by atoms with Gasteiger partial charge in [0.1, 0.15) is 17.6 Å². The smallest absolute Gasteiger partial charge is 0.170 e. The van der Waals surface area contributed by atoms with E-state index in [1.165, 1.54) is 5.56 Å². The Hall–Kier alpha value is -2.18. The highest BCUT2D eigenvalue weighted by Gasteiger charge is 2.41. The second-order valence-corrected chi connectivity index (χ2v) is 8.60. The molecule has 0 unspecified atom stereocenters. The van der Waals surface area contributed by atoms with Crippen LogP contribution in [0.5, 0.6) is 0 Å². The summed E-state index contributed by atoms with van der Waals surface area (Å²) in [6, 6.07) is 16.3. The highest BCUT2D eigenvalue weighted by atomic mass is 79.9. The third-order valence-electron chi connectivity index (χ3n) is 5.26. The number of unbranched alkanes of at least 4 members (excludes halogenated alkanes) is 1. The Balaban J connectivity index is 1.72. The monoisotopic (exact) mass is 469 g/mol. The summed E-state index contributed by atoms with van der Waals surface area (Å²) in [5.41, 5.74) is 3.22. The van der Waals surface area contributed by atoms with Gasteiger partial charge in [0.25, 0.3) is 0 Å². The average molecular weight is 470 g/mol. The number of aryl methyl sites for hydroxylation is 1. The van der Waals surface area contributed by atoms with E-state index in [9.17, 15) is 0 Å². The van der Waals surface area contributed by atoms with Gasteiger partial charge >= 0.3 is 0 Å². The average Bonchev–Trinajstić information content (AvgIpc) is 3.31. The molecule has 0 amide bonds. The fraction of sp³-hybridized carbons (Fsp3) is 0.304. The molecule has 4 rings (SSSR count). The molecule has 1 aliphatic heterocycles. The van der Waals surface area contributed by atoms with Crippen LogP contribution in [-0.4, -0.2) is 21.5 Å². The van der Waals surface area contributed by atoms with Crippen molar-refractivity contribution in [3.8, 4) is 11.3 Å². The topological polar surface area (TPSA) is 41.3 Å². The Morgan fingerprint density at radius 2 is 2.07 bits per heavy atom. The Kier molecular flexibility index (Phi) is 6.01. The summed E-state index contributed by atoms with van der Waals surface area (Å²) in [7, 11) is 0. The molecule has 1 aromatic carbocycles. The van der Waals surface area contributed by atoms with Gasteiger partial charge in [-0.2, -0.15) is 0 Å². The van der Waals surface area contributed by atoms with Crippen molar-refractivity contribution in [2.24, 2.45) is 0 Å². The van der Waals surface area contributed by atoms with Crippen molar-refractivity contribution in [2.75, 3.05) is 6.54 Å². The van der Waals surface area contributed by atoms with Gasteiger partial charge in [-0.25, -0.2) is 0 Å². The Morgan fingerprint density at radius 3 is 2.79 bits per heavy atom. The maximum Gasteiger partial charge on any atom is 0.170 e. The first-order valence-corrected chi connectivity index (χ1v) is 11.1. The zero-order valence-corrected chi connectivity index (χ0v) is 19.0. The third kappa shape index (κ3) is 4.09. The van der Waals surface area contributed by atoms with Crippen LogP contribution in [0.15, 0.2) is 63.6 Å². The Morgan fingerprint density at radius 1 is 1.21 bits per heavy atom. The first-order valence-electron chi connectivity index (χ1n) is 9.93. The lowest BCUT2D eigenvalue weighted by Crippen LogP contribution is -2.30. The molecule has 2 aromatic heterocycles. The first kappa shape index (κ1) is 20.1. The van der Waals surface area contributed by atoms with Crippen LogP contribution >= 0.6 is 28.1 Å². The van der Waals surface area contributed by atoms with Gasteiger partial charge in [-0.15, -0.1) is 0 Å². The summed E-state index contributed by atoms with van der Waals surface area (Å²) in [4.78, 5) is 6.82. The van der Waals surface area contributed by atoms with Crippen molar-refractivity contribution in [1.29, 1.82) is 0 Å². The maximum atomic E-state index is 6.39. The molecule has 29 heavy (non-hydrogen) atoms. The molecular formula is C23H24BrN3OS. The number of nitrogens with zero attached hydrogens (tertiary/aromatic N) is 2. The van der Waals surface area contributed by atoms with Crippen LogP contribution in [0.3, 0.4) is 0 Å². The number of hydrogen-bond donors (Lipinski definition) is 1. The van der Waals surface area contributed by atoms with Crippen molar-refractivity contribution >= 4 is 33.3 Å². The van der Waals surface area contributed by atoms with Gasteiger partial charge in [-0.3, -0.25) is 4.98 Å². The molecular weight excluding hydrogens is 446 g/mol. The van der Waals surface area contributed by atoms with Crippen LogP contribution in [0.1, 0.15) is 48.9 Å². The van der Waals surface area contributed by atoms with E-state index < -0.39 is 0 Å². The molecule has 150 valence electrons. The zero-order valence-electron chi connectivity index (χ0n) is 16.6. The normalized spacial score (nSPS) is 18.9. The van der Waals surface area contributed by atoms with Crippen LogP contribution in [0.25, 0.3) is 11.3 Å². The van der Waals surface area contributed by atoms with E-state index >= 15 is 0 Å². The lowest BCUT2D eigenvalue weighted by Gasteiger charge is -2.25. The van der Waals surface area contributed by atoms with E-state index in [2.05, 4.69) is 69.2 Å². The molecule has 6 heteroatoms. The van der Waals surface area contributed by atoms with E-state index in [-0.39, 0.29) is 12.1 Å². The second-order valence-electron chi connectivity index (χ2n) is 7.36. The third-order valence-corrected chi connectivity index (χ3v) is 6.27. The number of benzene rings is 1. The predicted octanol–water partition coefficient (Wildman–Crippen LogP) is 6.19. The number of thiocarbonyl (C=S) groups is 1. The van der Waals surface area contributed by atoms with Crippen LogP contribution in [-0.2, 0) is 0 Å². The maximum absolute atomic E-state index is 6.39. The number of aromatic nitrogens is 1. The molecule has 2 atom stereocenters. The van der Waals surface area contributed by atoms with Crippen molar-refractivity contribution in [2.45, 2.75) is 38.8 Å². The number of halogens is 1. The SMILES string of the molecule is CCCCN1C(=S)N[C@H](c2ccccn2)[C@@H]1c1ccc(-c2ccc(C)cc2Br)o1. The number of rotatable bonds is 6. The van der Waals surface area contributed by atoms with Crippen molar-refractivity contribution in [1.82, 2.24) is 15.2 Å². The minimum atomic E-state index is -0.0407. The van der Waals surface area contributed by atoms with Gasteiger partial charge in [0.15, 0.2) is 5.11 Å². The number of furan rings is 1. The van der Waals surface area contributed by atoms with E-state index in [4.69, 9.17) is 16.6 Å². The number of pyridine rings is 1. The summed E-state index contributed by atoms with van der Waals surface area (Å²) in [5, 5.41) is 4.23. The Labute approximate surface area is 185 Å². The summed E-state index contributed by atoms with van der Waals surface area (Å²) >= 11 is 9.35. The van der Waals surface area contributed by atoms with E-state index in [1.807, 2.05) is 30.5 Å². The lowest BCUT2D eigenvalue weighted by atomic mass is 10.0. The number of nitrogens with one attached hydrogen (secondary N) is 1. The fourth-order valence-electron chi connectivity index (χ4n) is 3.76. The minimum absolute atomic E-state index is 0.0260. The predicted molar refractivity (Wildman–Crippen MR) is 124 cm³/mol. The largest absolute Gasteiger partial charge is 0.459 e. The van der Waals surface area contributed by atoms with Crippen molar-refractivity contribution in [3.05, 3.63) is 76.2 Å². The molecule has 0 radical (unpaired) electrons. The lowest BCUT2D eigenvalue weighted by molar-refractivity contribution is 0.271. The standard InChI is InChI=1S/C23H24BrN3OS/c1-3-4-13-27-22(21(26-23(27)29)18-7-5-6-12-25-18)20-11-10-19(28-20)16-9-8-15(2)14-17(16)24/h5-12,14,21-22H,3-4,13H2,1-2H3,(H,26,29)/t21-,22+/m1/s1. The van der Waals surface area contributed by atoms with E-state index in [0.717, 1.165) is 51.7 Å². The zero-order chi connectivity index (χ0) is 20.4. The molecule has 1 saturated heterocycles. The van der Waals surface area contributed by atoms with Gasteiger partial charge in [-0.05, 0) is 67.5 Å². The van der Waals surface area contributed by atoms with Crippen molar-refractivity contribution < 1.29 is 4.42 Å². The molecule has 3 heterocycles.